The Kier molecular flexibility index (Phi) is 4.39. The molecular formula is C22H21FN4O2. The predicted octanol–water partition coefficient (Wildman–Crippen LogP) is 3.17. The van der Waals surface area contributed by atoms with Crippen LogP contribution in [0.15, 0.2) is 42.7 Å². The number of rotatable bonds is 3. The zero-order chi connectivity index (χ0) is 20.0. The highest BCUT2D eigenvalue weighted by atomic mass is 19.1. The lowest BCUT2D eigenvalue weighted by molar-refractivity contribution is -0.136. The molecule has 6 nitrogen and oxygen atoms in total. The van der Waals surface area contributed by atoms with Gasteiger partial charge in [0, 0.05) is 49.3 Å². The minimum Gasteiger partial charge on any atom is -0.381 e. The van der Waals surface area contributed by atoms with Gasteiger partial charge in [0.15, 0.2) is 0 Å². The first-order chi connectivity index (χ1) is 14.1. The first-order valence-electron chi connectivity index (χ1n) is 9.73. The van der Waals surface area contributed by atoms with E-state index in [2.05, 4.69) is 10.1 Å². The van der Waals surface area contributed by atoms with Gasteiger partial charge in [0.2, 0.25) is 5.91 Å². The maximum Gasteiger partial charge on any atom is 0.228 e. The van der Waals surface area contributed by atoms with Crippen molar-refractivity contribution in [2.45, 2.75) is 19.5 Å². The van der Waals surface area contributed by atoms with Crippen LogP contribution >= 0.6 is 0 Å². The Morgan fingerprint density at radius 3 is 2.76 bits per heavy atom. The molecule has 0 spiro atoms. The van der Waals surface area contributed by atoms with Crippen LogP contribution in [0, 0.1) is 11.7 Å². The molecule has 2 aliphatic heterocycles. The minimum absolute atomic E-state index is 0.0547. The second-order valence-corrected chi connectivity index (χ2v) is 7.61. The van der Waals surface area contributed by atoms with Crippen LogP contribution in [0.5, 0.6) is 0 Å². The van der Waals surface area contributed by atoms with E-state index in [4.69, 9.17) is 4.74 Å². The molecule has 1 unspecified atom stereocenters. The molecule has 29 heavy (non-hydrogen) atoms. The van der Waals surface area contributed by atoms with E-state index in [1.807, 2.05) is 24.2 Å². The number of aryl methyl sites for hydroxylation is 1. The quantitative estimate of drug-likeness (QED) is 0.687. The second kappa shape index (κ2) is 7.08. The molecule has 2 aromatic heterocycles. The third-order valence-electron chi connectivity index (χ3n) is 5.66. The molecule has 0 saturated carbocycles. The summed E-state index contributed by atoms with van der Waals surface area (Å²) in [7, 11) is 1.87. The summed E-state index contributed by atoms with van der Waals surface area (Å²) in [6, 6.07) is 8.32. The van der Waals surface area contributed by atoms with E-state index in [0.717, 1.165) is 40.1 Å². The third-order valence-corrected chi connectivity index (χ3v) is 5.66. The number of hydrogen-bond donors (Lipinski definition) is 0. The fourth-order valence-electron chi connectivity index (χ4n) is 4.18. The third kappa shape index (κ3) is 3.21. The molecule has 7 heteroatoms. The van der Waals surface area contributed by atoms with Gasteiger partial charge in [-0.1, -0.05) is 0 Å². The van der Waals surface area contributed by atoms with Crippen molar-refractivity contribution in [3.8, 4) is 22.4 Å². The van der Waals surface area contributed by atoms with Gasteiger partial charge >= 0.3 is 0 Å². The van der Waals surface area contributed by atoms with Crippen LogP contribution in [0.25, 0.3) is 22.4 Å². The van der Waals surface area contributed by atoms with Crippen LogP contribution in [0.3, 0.4) is 0 Å². The van der Waals surface area contributed by atoms with Crippen molar-refractivity contribution < 1.29 is 13.9 Å². The number of amides is 1. The predicted molar refractivity (Wildman–Crippen MR) is 105 cm³/mol. The molecule has 5 rings (SSSR count). The maximum atomic E-state index is 13.4. The Balaban J connectivity index is 1.52. The number of carbonyl (C=O) groups is 1. The average molecular weight is 392 g/mol. The van der Waals surface area contributed by atoms with Crippen LogP contribution in [-0.2, 0) is 29.7 Å². The molecule has 4 heterocycles. The monoisotopic (exact) mass is 392 g/mol. The van der Waals surface area contributed by atoms with Gasteiger partial charge in [0.05, 0.1) is 24.8 Å². The molecule has 2 aliphatic rings. The number of carbonyl (C=O) groups excluding carboxylic acids is 1. The van der Waals surface area contributed by atoms with Gasteiger partial charge in [-0.25, -0.2) is 4.39 Å². The lowest BCUT2D eigenvalue weighted by Gasteiger charge is -2.18. The first-order valence-corrected chi connectivity index (χ1v) is 9.73. The van der Waals surface area contributed by atoms with E-state index in [9.17, 15) is 9.18 Å². The summed E-state index contributed by atoms with van der Waals surface area (Å²) in [5.74, 6) is -0.196. The summed E-state index contributed by atoms with van der Waals surface area (Å²) in [5, 5.41) is 4.61. The van der Waals surface area contributed by atoms with Crippen LogP contribution < -0.4 is 0 Å². The van der Waals surface area contributed by atoms with Gasteiger partial charge in [-0.05, 0) is 42.3 Å². The van der Waals surface area contributed by atoms with E-state index in [0.29, 0.717) is 26.3 Å². The van der Waals surface area contributed by atoms with Crippen LogP contribution in [0.1, 0.15) is 17.7 Å². The SMILES string of the molecule is Cn1cc(-c2ccnc3c2CN(C(=O)C2CCOC2)C3)c(-c2ccc(F)cc2)n1. The number of benzene rings is 1. The van der Waals surface area contributed by atoms with Crippen LogP contribution in [-0.4, -0.2) is 38.8 Å². The lowest BCUT2D eigenvalue weighted by atomic mass is 9.98. The van der Waals surface area contributed by atoms with Crippen molar-refractivity contribution in [3.05, 3.63) is 59.8 Å². The number of aromatic nitrogens is 3. The number of ether oxygens (including phenoxy) is 1. The molecule has 1 saturated heterocycles. The highest BCUT2D eigenvalue weighted by Crippen LogP contribution is 2.37. The fraction of sp³-hybridized carbons (Fsp3) is 0.318. The lowest BCUT2D eigenvalue weighted by Crippen LogP contribution is -2.32. The van der Waals surface area contributed by atoms with Crippen molar-refractivity contribution in [3.63, 3.8) is 0 Å². The normalized spacial score (nSPS) is 18.3. The number of halogens is 1. The summed E-state index contributed by atoms with van der Waals surface area (Å²) in [5.41, 5.74) is 5.58. The summed E-state index contributed by atoms with van der Waals surface area (Å²) < 4.78 is 20.5. The van der Waals surface area contributed by atoms with Gasteiger partial charge in [0.25, 0.3) is 0 Å². The highest BCUT2D eigenvalue weighted by molar-refractivity contribution is 5.84. The zero-order valence-electron chi connectivity index (χ0n) is 16.1. The van der Waals surface area contributed by atoms with Crippen molar-refractivity contribution >= 4 is 5.91 Å². The van der Waals surface area contributed by atoms with Crippen molar-refractivity contribution in [1.82, 2.24) is 19.7 Å². The summed E-state index contributed by atoms with van der Waals surface area (Å²) >= 11 is 0. The number of nitrogens with zero attached hydrogens (tertiary/aromatic N) is 4. The Bertz CT molecular complexity index is 1070. The standard InChI is InChI=1S/C22H21FN4O2/c1-26-10-19(21(25-26)14-2-4-16(23)5-3-14)17-6-8-24-20-12-27(11-18(17)20)22(28)15-7-9-29-13-15/h2-6,8,10,15H,7,9,11-13H2,1H3. The molecular weight excluding hydrogens is 371 g/mol. The molecule has 0 N–H and O–H groups in total. The van der Waals surface area contributed by atoms with Crippen LogP contribution in [0.4, 0.5) is 4.39 Å². The van der Waals surface area contributed by atoms with Crippen LogP contribution in [0.2, 0.25) is 0 Å². The molecule has 0 radical (unpaired) electrons. The number of pyridine rings is 1. The Labute approximate surface area is 167 Å². The Morgan fingerprint density at radius 2 is 2.00 bits per heavy atom. The Morgan fingerprint density at radius 1 is 1.17 bits per heavy atom. The highest BCUT2D eigenvalue weighted by Gasteiger charge is 2.33. The minimum atomic E-state index is -0.277. The number of fused-ring (bicyclic) bond motifs is 1. The smallest absolute Gasteiger partial charge is 0.228 e. The molecule has 1 fully saturated rings. The van der Waals surface area contributed by atoms with Gasteiger partial charge in [-0.3, -0.25) is 14.5 Å². The van der Waals surface area contributed by atoms with Crippen molar-refractivity contribution in [2.75, 3.05) is 13.2 Å². The maximum absolute atomic E-state index is 13.4. The van der Waals surface area contributed by atoms with E-state index in [1.165, 1.54) is 12.1 Å². The number of hydrogen-bond acceptors (Lipinski definition) is 4. The second-order valence-electron chi connectivity index (χ2n) is 7.61. The van der Waals surface area contributed by atoms with Gasteiger partial charge in [-0.15, -0.1) is 0 Å². The van der Waals surface area contributed by atoms with Crippen molar-refractivity contribution in [2.24, 2.45) is 13.0 Å². The van der Waals surface area contributed by atoms with Gasteiger partial charge < -0.3 is 9.64 Å². The largest absolute Gasteiger partial charge is 0.381 e. The Hall–Kier alpha value is -3.06. The molecule has 0 aliphatic carbocycles. The molecule has 0 bridgehead atoms. The van der Waals surface area contributed by atoms with Gasteiger partial charge in [-0.2, -0.15) is 5.10 Å². The molecule has 1 aromatic carbocycles. The summed E-state index contributed by atoms with van der Waals surface area (Å²) in [6.45, 7) is 2.21. The molecule has 3 aromatic rings. The first kappa shape index (κ1) is 18.0. The topological polar surface area (TPSA) is 60.2 Å². The van der Waals surface area contributed by atoms with E-state index >= 15 is 0 Å². The molecule has 148 valence electrons. The fourth-order valence-corrected chi connectivity index (χ4v) is 4.18. The van der Waals surface area contributed by atoms with E-state index in [1.54, 1.807) is 23.0 Å². The molecule has 1 amide bonds. The zero-order valence-corrected chi connectivity index (χ0v) is 16.1. The van der Waals surface area contributed by atoms with E-state index < -0.39 is 0 Å². The summed E-state index contributed by atoms with van der Waals surface area (Å²) in [6.07, 6.45) is 4.52. The average Bonchev–Trinajstić information content (AvgIpc) is 3.47. The summed E-state index contributed by atoms with van der Waals surface area (Å²) in [4.78, 5) is 19.2. The van der Waals surface area contributed by atoms with E-state index in [-0.39, 0.29) is 17.6 Å². The van der Waals surface area contributed by atoms with Gasteiger partial charge in [0.1, 0.15) is 11.5 Å². The molecule has 1 atom stereocenters. The van der Waals surface area contributed by atoms with Crippen molar-refractivity contribution in [1.29, 1.82) is 0 Å².